The number of anilines is 1. The van der Waals surface area contributed by atoms with Crippen molar-refractivity contribution in [2.45, 2.75) is 41.6 Å². The molecule has 1 atom stereocenters. The van der Waals surface area contributed by atoms with Crippen molar-refractivity contribution in [2.24, 2.45) is 0 Å². The standard InChI is InChI=1S/C23H29N3O6S2/c27-23(24-19-7-2-1-3-8-19)18-26(17-20-9-6-16-32-20)34(30,31)22-12-10-21(11-13-22)33(28,29)25-14-4-5-15-25/h1-3,7-8,10-13,20H,4-6,9,14-18H2,(H,24,27). The number of nitrogens with one attached hydrogen (secondary N) is 1. The van der Waals surface area contributed by atoms with Crippen molar-refractivity contribution in [1.29, 1.82) is 0 Å². The molecule has 2 aliphatic heterocycles. The summed E-state index contributed by atoms with van der Waals surface area (Å²) < 4.78 is 60.6. The zero-order chi connectivity index (χ0) is 24.2. The highest BCUT2D eigenvalue weighted by molar-refractivity contribution is 7.89. The third-order valence-electron chi connectivity index (χ3n) is 5.97. The number of ether oxygens (including phenoxy) is 1. The van der Waals surface area contributed by atoms with E-state index < -0.39 is 26.0 Å². The smallest absolute Gasteiger partial charge is 0.243 e. The summed E-state index contributed by atoms with van der Waals surface area (Å²) in [4.78, 5) is 12.6. The lowest BCUT2D eigenvalue weighted by Crippen LogP contribution is -2.42. The van der Waals surface area contributed by atoms with E-state index in [1.807, 2.05) is 6.07 Å². The van der Waals surface area contributed by atoms with Gasteiger partial charge < -0.3 is 10.1 Å². The molecule has 0 saturated carbocycles. The summed E-state index contributed by atoms with van der Waals surface area (Å²) in [5.74, 6) is -0.471. The van der Waals surface area contributed by atoms with Crippen LogP contribution in [0.15, 0.2) is 64.4 Å². The molecular weight excluding hydrogens is 478 g/mol. The molecule has 1 amide bonds. The summed E-state index contributed by atoms with van der Waals surface area (Å²) in [6, 6.07) is 14.0. The molecule has 4 rings (SSSR count). The number of hydrogen-bond donors (Lipinski definition) is 1. The highest BCUT2D eigenvalue weighted by atomic mass is 32.2. The molecule has 0 spiro atoms. The third kappa shape index (κ3) is 5.66. The summed E-state index contributed by atoms with van der Waals surface area (Å²) in [6.45, 7) is 1.14. The van der Waals surface area contributed by atoms with Crippen LogP contribution in [-0.2, 0) is 29.6 Å². The molecule has 0 radical (unpaired) electrons. The van der Waals surface area contributed by atoms with E-state index in [1.54, 1.807) is 24.3 Å². The second-order valence-corrected chi connectivity index (χ2v) is 12.3. The number of rotatable bonds is 9. The minimum Gasteiger partial charge on any atom is -0.377 e. The Morgan fingerprint density at radius 1 is 0.941 bits per heavy atom. The molecule has 2 aromatic carbocycles. The zero-order valence-electron chi connectivity index (χ0n) is 18.8. The SMILES string of the molecule is O=C(CN(CC1CCCO1)S(=O)(=O)c1ccc(S(=O)(=O)N2CCCC2)cc1)Nc1ccccc1. The Bertz CT molecular complexity index is 1190. The van der Waals surface area contributed by atoms with Crippen LogP contribution in [-0.4, -0.2) is 70.2 Å². The summed E-state index contributed by atoms with van der Waals surface area (Å²) in [6.07, 6.45) is 2.87. The quantitative estimate of drug-likeness (QED) is 0.557. The largest absolute Gasteiger partial charge is 0.377 e. The maximum atomic E-state index is 13.5. The molecule has 2 saturated heterocycles. The molecule has 2 fully saturated rings. The van der Waals surface area contributed by atoms with Crippen LogP contribution in [0, 0.1) is 0 Å². The molecule has 0 aromatic heterocycles. The van der Waals surface area contributed by atoms with Crippen molar-refractivity contribution in [3.8, 4) is 0 Å². The summed E-state index contributed by atoms with van der Waals surface area (Å²) in [5.41, 5.74) is 0.568. The minimum atomic E-state index is -4.07. The van der Waals surface area contributed by atoms with Crippen molar-refractivity contribution in [3.05, 3.63) is 54.6 Å². The van der Waals surface area contributed by atoms with Gasteiger partial charge in [-0.2, -0.15) is 8.61 Å². The van der Waals surface area contributed by atoms with Crippen LogP contribution >= 0.6 is 0 Å². The fraction of sp³-hybridized carbons (Fsp3) is 0.435. The van der Waals surface area contributed by atoms with E-state index in [4.69, 9.17) is 4.74 Å². The average Bonchev–Trinajstić information content (AvgIpc) is 3.54. The Balaban J connectivity index is 1.54. The number of amides is 1. The molecule has 2 aromatic rings. The molecular formula is C23H29N3O6S2. The first kappa shape index (κ1) is 24.8. The molecule has 1 unspecified atom stereocenters. The lowest BCUT2D eigenvalue weighted by Gasteiger charge is -2.24. The Morgan fingerprint density at radius 2 is 1.59 bits per heavy atom. The predicted octanol–water partition coefficient (Wildman–Crippen LogP) is 2.28. The van der Waals surface area contributed by atoms with Crippen LogP contribution in [0.3, 0.4) is 0 Å². The summed E-state index contributed by atoms with van der Waals surface area (Å²) >= 11 is 0. The second-order valence-electron chi connectivity index (χ2n) is 8.43. The van der Waals surface area contributed by atoms with Crippen molar-refractivity contribution in [3.63, 3.8) is 0 Å². The van der Waals surface area contributed by atoms with E-state index in [-0.39, 0.29) is 29.0 Å². The molecule has 0 bridgehead atoms. The van der Waals surface area contributed by atoms with Crippen molar-refractivity contribution >= 4 is 31.6 Å². The van der Waals surface area contributed by atoms with E-state index in [0.717, 1.165) is 23.6 Å². The molecule has 184 valence electrons. The van der Waals surface area contributed by atoms with Crippen molar-refractivity contribution < 1.29 is 26.4 Å². The normalized spacial score (nSPS) is 19.5. The van der Waals surface area contributed by atoms with E-state index >= 15 is 0 Å². The molecule has 9 nitrogen and oxygen atoms in total. The van der Waals surface area contributed by atoms with Crippen LogP contribution in [0.4, 0.5) is 5.69 Å². The number of para-hydroxylation sites is 1. The van der Waals surface area contributed by atoms with Crippen LogP contribution in [0.2, 0.25) is 0 Å². The fourth-order valence-electron chi connectivity index (χ4n) is 4.16. The zero-order valence-corrected chi connectivity index (χ0v) is 20.4. The molecule has 0 aliphatic carbocycles. The number of benzene rings is 2. The highest BCUT2D eigenvalue weighted by Gasteiger charge is 2.32. The first-order valence-electron chi connectivity index (χ1n) is 11.3. The molecule has 34 heavy (non-hydrogen) atoms. The first-order chi connectivity index (χ1) is 16.3. The monoisotopic (exact) mass is 507 g/mol. The van der Waals surface area contributed by atoms with Gasteiger partial charge in [-0.05, 0) is 62.1 Å². The number of nitrogens with zero attached hydrogens (tertiary/aromatic N) is 2. The Hall–Kier alpha value is -2.31. The van der Waals surface area contributed by atoms with Crippen molar-refractivity contribution in [1.82, 2.24) is 8.61 Å². The maximum absolute atomic E-state index is 13.5. The minimum absolute atomic E-state index is 0.0401. The van der Waals surface area contributed by atoms with Gasteiger partial charge in [0, 0.05) is 31.9 Å². The van der Waals surface area contributed by atoms with Gasteiger partial charge in [-0.3, -0.25) is 4.79 Å². The van der Waals surface area contributed by atoms with Gasteiger partial charge in [0.2, 0.25) is 26.0 Å². The van der Waals surface area contributed by atoms with Gasteiger partial charge in [-0.15, -0.1) is 0 Å². The van der Waals surface area contributed by atoms with Crippen LogP contribution in [0.5, 0.6) is 0 Å². The lowest BCUT2D eigenvalue weighted by molar-refractivity contribution is -0.116. The average molecular weight is 508 g/mol. The van der Waals surface area contributed by atoms with Gasteiger partial charge in [-0.1, -0.05) is 18.2 Å². The number of sulfonamides is 2. The van der Waals surface area contributed by atoms with Crippen LogP contribution in [0.25, 0.3) is 0 Å². The molecule has 2 heterocycles. The predicted molar refractivity (Wildman–Crippen MR) is 127 cm³/mol. The topological polar surface area (TPSA) is 113 Å². The summed E-state index contributed by atoms with van der Waals surface area (Å²) in [7, 11) is -7.73. The first-order valence-corrected chi connectivity index (χ1v) is 14.2. The Morgan fingerprint density at radius 3 is 2.21 bits per heavy atom. The Kier molecular flexibility index (Phi) is 7.68. The van der Waals surface area contributed by atoms with Gasteiger partial charge >= 0.3 is 0 Å². The molecule has 11 heteroatoms. The number of carbonyl (C=O) groups excluding carboxylic acids is 1. The third-order valence-corrected chi connectivity index (χ3v) is 9.71. The summed E-state index contributed by atoms with van der Waals surface area (Å²) in [5, 5.41) is 2.71. The van der Waals surface area contributed by atoms with Gasteiger partial charge in [0.25, 0.3) is 0 Å². The maximum Gasteiger partial charge on any atom is 0.243 e. The second kappa shape index (κ2) is 10.5. The number of carbonyl (C=O) groups is 1. The molecule has 1 N–H and O–H groups in total. The van der Waals surface area contributed by atoms with Crippen molar-refractivity contribution in [2.75, 3.05) is 38.1 Å². The van der Waals surface area contributed by atoms with E-state index in [9.17, 15) is 21.6 Å². The highest BCUT2D eigenvalue weighted by Crippen LogP contribution is 2.25. The lowest BCUT2D eigenvalue weighted by atomic mass is 10.2. The van der Waals surface area contributed by atoms with Gasteiger partial charge in [0.15, 0.2) is 0 Å². The van der Waals surface area contributed by atoms with Gasteiger partial charge in [0.1, 0.15) is 0 Å². The fourth-order valence-corrected chi connectivity index (χ4v) is 7.10. The van der Waals surface area contributed by atoms with E-state index in [2.05, 4.69) is 5.32 Å². The van der Waals surface area contributed by atoms with E-state index in [1.165, 1.54) is 28.6 Å². The van der Waals surface area contributed by atoms with Gasteiger partial charge in [-0.25, -0.2) is 16.8 Å². The molecule has 2 aliphatic rings. The van der Waals surface area contributed by atoms with Crippen LogP contribution < -0.4 is 5.32 Å². The Labute approximate surface area is 200 Å². The van der Waals surface area contributed by atoms with E-state index in [0.29, 0.717) is 31.8 Å². The van der Waals surface area contributed by atoms with Crippen LogP contribution in [0.1, 0.15) is 25.7 Å². The number of hydrogen-bond acceptors (Lipinski definition) is 6. The van der Waals surface area contributed by atoms with Gasteiger partial charge in [0.05, 0.1) is 22.4 Å².